The zero-order chi connectivity index (χ0) is 16.3. The smallest absolute Gasteiger partial charge is 0.241 e. The Balaban J connectivity index is 2.12. The Hall–Kier alpha value is -1.47. The molecule has 0 radical (unpaired) electrons. The van der Waals surface area contributed by atoms with Gasteiger partial charge in [0.1, 0.15) is 5.82 Å². The summed E-state index contributed by atoms with van der Waals surface area (Å²) in [6, 6.07) is 2.63. The van der Waals surface area contributed by atoms with E-state index in [0.29, 0.717) is 18.7 Å². The third-order valence-electron chi connectivity index (χ3n) is 3.80. The average Bonchev–Trinajstić information content (AvgIpc) is 2.46. The molecule has 1 aromatic rings. The molecular weight excluding hydrogens is 307 g/mol. The zero-order valence-corrected chi connectivity index (χ0v) is 13.6. The van der Waals surface area contributed by atoms with E-state index in [2.05, 4.69) is 4.72 Å². The fourth-order valence-electron chi connectivity index (χ4n) is 2.65. The maximum Gasteiger partial charge on any atom is 0.241 e. The van der Waals surface area contributed by atoms with Gasteiger partial charge in [0.05, 0.1) is 10.9 Å². The van der Waals surface area contributed by atoms with Crippen LogP contribution in [0.1, 0.15) is 31.7 Å². The van der Waals surface area contributed by atoms with Crippen LogP contribution in [-0.2, 0) is 14.8 Å². The van der Waals surface area contributed by atoms with E-state index in [1.165, 1.54) is 19.9 Å². The Morgan fingerprint density at radius 1 is 1.27 bits per heavy atom. The van der Waals surface area contributed by atoms with E-state index >= 15 is 0 Å². The van der Waals surface area contributed by atoms with Gasteiger partial charge < -0.3 is 4.90 Å². The summed E-state index contributed by atoms with van der Waals surface area (Å²) in [5.74, 6) is -0.711. The first kappa shape index (κ1) is 16.9. The molecule has 5 nitrogen and oxygen atoms in total. The topological polar surface area (TPSA) is 66.5 Å². The summed E-state index contributed by atoms with van der Waals surface area (Å²) in [7, 11) is -3.85. The quantitative estimate of drug-likeness (QED) is 0.917. The molecule has 0 aliphatic carbocycles. The average molecular weight is 328 g/mol. The molecule has 0 unspecified atom stereocenters. The second-order valence-corrected chi connectivity index (χ2v) is 7.32. The molecule has 0 bridgehead atoms. The summed E-state index contributed by atoms with van der Waals surface area (Å²) in [5, 5.41) is 0. The van der Waals surface area contributed by atoms with Gasteiger partial charge in [-0.25, -0.2) is 12.8 Å². The Labute approximate surface area is 130 Å². The maximum atomic E-state index is 13.1. The number of hydrogen-bond donors (Lipinski definition) is 1. The molecule has 22 heavy (non-hydrogen) atoms. The van der Waals surface area contributed by atoms with Crippen LogP contribution in [0.4, 0.5) is 4.39 Å². The molecule has 1 N–H and O–H groups in total. The summed E-state index contributed by atoms with van der Waals surface area (Å²) in [5.41, 5.74) is 0.310. The highest BCUT2D eigenvalue weighted by atomic mass is 32.2. The predicted octanol–water partition coefficient (Wildman–Crippen LogP) is 1.81. The monoisotopic (exact) mass is 328 g/mol. The Bertz CT molecular complexity index is 655. The Kier molecular flexibility index (Phi) is 5.18. The number of likely N-dealkylation sites (tertiary alicyclic amines) is 1. The molecule has 0 spiro atoms. The van der Waals surface area contributed by atoms with Crippen molar-refractivity contribution in [3.63, 3.8) is 0 Å². The van der Waals surface area contributed by atoms with Crippen LogP contribution in [0.5, 0.6) is 0 Å². The van der Waals surface area contributed by atoms with Gasteiger partial charge in [-0.05, 0) is 56.9 Å². The van der Waals surface area contributed by atoms with Crippen molar-refractivity contribution in [1.82, 2.24) is 9.62 Å². The van der Waals surface area contributed by atoms with Crippen LogP contribution in [0, 0.1) is 12.7 Å². The number of piperidine rings is 1. The minimum Gasteiger partial charge on any atom is -0.341 e. The second kappa shape index (κ2) is 6.75. The van der Waals surface area contributed by atoms with Crippen LogP contribution in [0.15, 0.2) is 23.1 Å². The van der Waals surface area contributed by atoms with Gasteiger partial charge in [-0.2, -0.15) is 4.72 Å². The molecule has 1 fully saturated rings. The lowest BCUT2D eigenvalue weighted by molar-refractivity contribution is -0.133. The predicted molar refractivity (Wildman–Crippen MR) is 81.4 cm³/mol. The normalized spacial score (nSPS) is 17.3. The third-order valence-corrected chi connectivity index (χ3v) is 5.50. The molecule has 1 amide bonds. The number of amides is 1. The summed E-state index contributed by atoms with van der Waals surface area (Å²) in [6.07, 6.45) is 2.99. The number of aryl methyl sites for hydroxylation is 1. The van der Waals surface area contributed by atoms with Crippen molar-refractivity contribution in [2.45, 2.75) is 44.0 Å². The first-order valence-corrected chi connectivity index (χ1v) is 8.87. The highest BCUT2D eigenvalue weighted by Crippen LogP contribution is 2.17. The Morgan fingerprint density at radius 2 is 1.91 bits per heavy atom. The van der Waals surface area contributed by atoms with Crippen LogP contribution in [0.2, 0.25) is 0 Å². The molecule has 1 saturated heterocycles. The standard InChI is InChI=1S/C15H21FN2O3S/c1-11-10-13(16)6-7-14(11)22(20,21)17-12(2)15(19)18-8-4-3-5-9-18/h6-7,10,12,17H,3-5,8-9H2,1-2H3/t12-/m0/s1. The van der Waals surface area contributed by atoms with E-state index in [1.807, 2.05) is 0 Å². The number of nitrogens with zero attached hydrogens (tertiary/aromatic N) is 1. The van der Waals surface area contributed by atoms with Gasteiger partial charge >= 0.3 is 0 Å². The van der Waals surface area contributed by atoms with E-state index in [0.717, 1.165) is 31.4 Å². The van der Waals surface area contributed by atoms with Gasteiger partial charge in [0.2, 0.25) is 15.9 Å². The lowest BCUT2D eigenvalue weighted by Gasteiger charge is -2.29. The van der Waals surface area contributed by atoms with Gasteiger partial charge in [0.15, 0.2) is 0 Å². The summed E-state index contributed by atoms with van der Waals surface area (Å²) in [6.45, 7) is 4.39. The van der Waals surface area contributed by atoms with Gasteiger partial charge in [-0.1, -0.05) is 0 Å². The summed E-state index contributed by atoms with van der Waals surface area (Å²) in [4.78, 5) is 14.0. The minimum absolute atomic E-state index is 0.00723. The van der Waals surface area contributed by atoms with Crippen LogP contribution in [0.3, 0.4) is 0 Å². The van der Waals surface area contributed by atoms with Gasteiger partial charge in [0.25, 0.3) is 0 Å². The number of nitrogens with one attached hydrogen (secondary N) is 1. The number of benzene rings is 1. The summed E-state index contributed by atoms with van der Waals surface area (Å²) >= 11 is 0. The van der Waals surface area contributed by atoms with E-state index in [4.69, 9.17) is 0 Å². The highest BCUT2D eigenvalue weighted by Gasteiger charge is 2.27. The van der Waals surface area contributed by atoms with Crippen LogP contribution >= 0.6 is 0 Å². The fraction of sp³-hybridized carbons (Fsp3) is 0.533. The highest BCUT2D eigenvalue weighted by molar-refractivity contribution is 7.89. The lowest BCUT2D eigenvalue weighted by Crippen LogP contribution is -2.48. The van der Waals surface area contributed by atoms with E-state index < -0.39 is 21.9 Å². The molecular formula is C15H21FN2O3S. The largest absolute Gasteiger partial charge is 0.341 e. The number of rotatable bonds is 4. The van der Waals surface area contributed by atoms with Gasteiger partial charge in [-0.3, -0.25) is 4.79 Å². The molecule has 0 saturated carbocycles. The molecule has 1 aliphatic rings. The summed E-state index contributed by atoms with van der Waals surface area (Å²) < 4.78 is 40.2. The van der Waals surface area contributed by atoms with E-state index in [-0.39, 0.29) is 10.8 Å². The van der Waals surface area contributed by atoms with Crippen molar-refractivity contribution in [2.24, 2.45) is 0 Å². The fourth-order valence-corrected chi connectivity index (χ4v) is 4.07. The van der Waals surface area contributed by atoms with E-state index in [1.54, 1.807) is 4.90 Å². The minimum atomic E-state index is -3.85. The molecule has 1 heterocycles. The maximum absolute atomic E-state index is 13.1. The van der Waals surface area contributed by atoms with E-state index in [9.17, 15) is 17.6 Å². The second-order valence-electron chi connectivity index (χ2n) is 5.64. The van der Waals surface area contributed by atoms with Crippen LogP contribution in [-0.4, -0.2) is 38.4 Å². The lowest BCUT2D eigenvalue weighted by atomic mass is 10.1. The number of hydrogen-bond acceptors (Lipinski definition) is 3. The Morgan fingerprint density at radius 3 is 2.50 bits per heavy atom. The van der Waals surface area contributed by atoms with Crippen molar-refractivity contribution in [1.29, 1.82) is 0 Å². The number of sulfonamides is 1. The first-order chi connectivity index (χ1) is 10.3. The number of halogens is 1. The first-order valence-electron chi connectivity index (χ1n) is 7.38. The molecule has 1 atom stereocenters. The molecule has 2 rings (SSSR count). The van der Waals surface area contributed by atoms with Gasteiger partial charge in [0, 0.05) is 13.1 Å². The molecule has 7 heteroatoms. The van der Waals surface area contributed by atoms with Crippen molar-refractivity contribution in [3.8, 4) is 0 Å². The van der Waals surface area contributed by atoms with Crippen molar-refractivity contribution < 1.29 is 17.6 Å². The number of carbonyl (C=O) groups is 1. The SMILES string of the molecule is Cc1cc(F)ccc1S(=O)(=O)N[C@@H](C)C(=O)N1CCCCC1. The zero-order valence-electron chi connectivity index (χ0n) is 12.8. The number of carbonyl (C=O) groups excluding carboxylic acids is 1. The van der Waals surface area contributed by atoms with Crippen molar-refractivity contribution in [3.05, 3.63) is 29.6 Å². The van der Waals surface area contributed by atoms with Crippen LogP contribution in [0.25, 0.3) is 0 Å². The van der Waals surface area contributed by atoms with Crippen molar-refractivity contribution >= 4 is 15.9 Å². The third kappa shape index (κ3) is 3.84. The molecule has 1 aliphatic heterocycles. The van der Waals surface area contributed by atoms with Gasteiger partial charge in [-0.15, -0.1) is 0 Å². The van der Waals surface area contributed by atoms with Crippen molar-refractivity contribution in [2.75, 3.05) is 13.1 Å². The molecule has 1 aromatic carbocycles. The van der Waals surface area contributed by atoms with Crippen LogP contribution < -0.4 is 4.72 Å². The molecule has 0 aromatic heterocycles. The molecule has 122 valence electrons.